The van der Waals surface area contributed by atoms with Crippen LogP contribution in [0, 0.1) is 13.8 Å². The van der Waals surface area contributed by atoms with Crippen molar-refractivity contribution in [2.75, 3.05) is 0 Å². The first kappa shape index (κ1) is 19.8. The molecule has 0 aliphatic heterocycles. The largest absolute Gasteiger partial charge is 0.553 e. The molecule has 0 unspecified atom stereocenters. The van der Waals surface area contributed by atoms with Crippen molar-refractivity contribution in [3.63, 3.8) is 0 Å². The molecule has 0 atom stereocenters. The minimum atomic E-state index is -0.764. The van der Waals surface area contributed by atoms with Crippen molar-refractivity contribution in [1.29, 1.82) is 0 Å². The summed E-state index contributed by atoms with van der Waals surface area (Å²) in [5.41, 5.74) is 6.04. The van der Waals surface area contributed by atoms with Gasteiger partial charge < -0.3 is 9.53 Å². The molecule has 0 bridgehead atoms. The zero-order valence-corrected chi connectivity index (χ0v) is 18.2. The molecule has 1 N–H and O–H groups in total. The van der Waals surface area contributed by atoms with Crippen LogP contribution in [0.5, 0.6) is 5.75 Å². The summed E-state index contributed by atoms with van der Waals surface area (Å²) in [5.74, 6) is 0.146. The number of hydrogen-bond donors (Lipinski definition) is 1. The highest BCUT2D eigenvalue weighted by Crippen LogP contribution is 2.44. The van der Waals surface area contributed by atoms with Crippen LogP contribution in [0.1, 0.15) is 75.8 Å². The molecule has 4 heteroatoms. The van der Waals surface area contributed by atoms with E-state index in [1.165, 1.54) is 16.7 Å². The van der Waals surface area contributed by atoms with Gasteiger partial charge in [-0.05, 0) is 58.9 Å². The third kappa shape index (κ3) is 4.17. The van der Waals surface area contributed by atoms with Gasteiger partial charge in [-0.25, -0.2) is 0 Å². The molecule has 0 spiro atoms. The summed E-state index contributed by atoms with van der Waals surface area (Å²) in [5, 5.41) is 9.15. The number of carboxylic acids is 1. The Labute approximate surface area is 144 Å². The first-order chi connectivity index (χ1) is 10.3. The fraction of sp³-hybridized carbons (Fsp3) is 0.632. The van der Waals surface area contributed by atoms with Gasteiger partial charge >= 0.3 is 5.97 Å². The first-order valence-corrected chi connectivity index (χ1v) is 9.06. The van der Waals surface area contributed by atoms with Crippen molar-refractivity contribution in [3.8, 4) is 5.75 Å². The topological polar surface area (TPSA) is 46.5 Å². The molecule has 23 heavy (non-hydrogen) atoms. The van der Waals surface area contributed by atoms with Crippen LogP contribution in [0.2, 0.25) is 0 Å². The zero-order chi connectivity index (χ0) is 18.2. The van der Waals surface area contributed by atoms with Gasteiger partial charge in [0.15, 0.2) is 0 Å². The second kappa shape index (κ2) is 6.68. The number of carboxylic acid groups (broad SMARTS) is 1. The molecule has 130 valence electrons. The van der Waals surface area contributed by atoms with Gasteiger partial charge in [-0.1, -0.05) is 41.5 Å². The van der Waals surface area contributed by atoms with Gasteiger partial charge in [-0.3, -0.25) is 4.79 Å². The molecule has 1 aromatic rings. The van der Waals surface area contributed by atoms with Crippen LogP contribution in [0.15, 0.2) is 0 Å². The molecule has 0 radical (unpaired) electrons. The molecule has 0 aliphatic carbocycles. The van der Waals surface area contributed by atoms with Crippen LogP contribution in [-0.2, 0) is 22.0 Å². The van der Waals surface area contributed by atoms with Gasteiger partial charge in [0, 0.05) is 6.42 Å². The van der Waals surface area contributed by atoms with Gasteiger partial charge in [0.05, 0.1) is 0 Å². The van der Waals surface area contributed by atoms with E-state index >= 15 is 0 Å². The lowest BCUT2D eigenvalue weighted by Crippen LogP contribution is -2.27. The summed E-state index contributed by atoms with van der Waals surface area (Å²) in [4.78, 5) is 11.1. The molecule has 0 aliphatic rings. The average Bonchev–Trinajstić information content (AvgIpc) is 2.36. The van der Waals surface area contributed by atoms with Crippen LogP contribution >= 0.6 is 0 Å². The summed E-state index contributed by atoms with van der Waals surface area (Å²) in [6.07, 6.45) is 0.650. The molecule has 0 aromatic heterocycles. The van der Waals surface area contributed by atoms with Crippen LogP contribution in [0.25, 0.3) is 0 Å². The summed E-state index contributed by atoms with van der Waals surface area (Å²) >= 11 is 0. The van der Waals surface area contributed by atoms with E-state index < -0.39 is 5.97 Å². The van der Waals surface area contributed by atoms with Crippen molar-refractivity contribution in [1.82, 2.24) is 0 Å². The summed E-state index contributed by atoms with van der Waals surface area (Å²) < 4.78 is 5.84. The Bertz CT molecular complexity index is 605. The van der Waals surface area contributed by atoms with E-state index in [1.54, 1.807) is 0 Å². The summed E-state index contributed by atoms with van der Waals surface area (Å²) in [6.45, 7) is 17.5. The Hall–Kier alpha value is -1.29. The Kier molecular flexibility index (Phi) is 5.73. The molecule has 1 rings (SSSR count). The quantitative estimate of drug-likeness (QED) is 0.855. The fourth-order valence-electron chi connectivity index (χ4n) is 3.55. The SMILES string of the molecule is Cc1c(C)c(C(C)(C)C)c(C(C)(C)C)c(CCC(=O)O)c1O[SiH3]. The fourth-order valence-corrected chi connectivity index (χ4v) is 4.10. The second-order valence-electron chi connectivity index (χ2n) is 8.41. The average molecular weight is 337 g/mol. The van der Waals surface area contributed by atoms with Gasteiger partial charge in [-0.15, -0.1) is 0 Å². The van der Waals surface area contributed by atoms with Crippen LogP contribution in [0.3, 0.4) is 0 Å². The monoisotopic (exact) mass is 336 g/mol. The third-order valence-electron chi connectivity index (χ3n) is 4.40. The molecular weight excluding hydrogens is 304 g/mol. The molecular formula is C19H32O3Si. The molecule has 0 amide bonds. The van der Waals surface area contributed by atoms with Crippen LogP contribution in [0.4, 0.5) is 0 Å². The molecule has 3 nitrogen and oxygen atoms in total. The minimum absolute atomic E-state index is 0.000863. The van der Waals surface area contributed by atoms with Crippen molar-refractivity contribution in [2.45, 2.75) is 79.1 Å². The lowest BCUT2D eigenvalue weighted by atomic mass is 9.69. The lowest BCUT2D eigenvalue weighted by Gasteiger charge is -2.36. The van der Waals surface area contributed by atoms with Gasteiger partial charge in [0.1, 0.15) is 5.75 Å². The van der Waals surface area contributed by atoms with Gasteiger partial charge in [0.25, 0.3) is 0 Å². The second-order valence-corrected chi connectivity index (χ2v) is 8.81. The van der Waals surface area contributed by atoms with Crippen LogP contribution in [-0.4, -0.2) is 21.6 Å². The van der Waals surface area contributed by atoms with E-state index in [1.807, 2.05) is 0 Å². The van der Waals surface area contributed by atoms with E-state index in [9.17, 15) is 4.79 Å². The molecule has 0 saturated heterocycles. The van der Waals surface area contributed by atoms with Crippen LogP contribution < -0.4 is 4.43 Å². The first-order valence-electron chi connectivity index (χ1n) is 8.25. The predicted octanol–water partition coefficient (Wildman–Crippen LogP) is 3.57. The molecule has 1 aromatic carbocycles. The maximum absolute atomic E-state index is 11.1. The number of rotatable bonds is 4. The van der Waals surface area contributed by atoms with E-state index in [2.05, 4.69) is 55.4 Å². The molecule has 0 saturated carbocycles. The highest BCUT2D eigenvalue weighted by molar-refractivity contribution is 6.00. The van der Waals surface area contributed by atoms with E-state index in [0.29, 0.717) is 16.9 Å². The lowest BCUT2D eigenvalue weighted by molar-refractivity contribution is -0.136. The van der Waals surface area contributed by atoms with Gasteiger partial charge in [0.2, 0.25) is 10.5 Å². The molecule has 0 heterocycles. The smallest absolute Gasteiger partial charge is 0.303 e. The highest BCUT2D eigenvalue weighted by atomic mass is 28.2. The number of carbonyl (C=O) groups is 1. The summed E-state index contributed by atoms with van der Waals surface area (Å²) in [6, 6.07) is 0. The highest BCUT2D eigenvalue weighted by Gasteiger charge is 2.32. The standard InChI is InChI=1S/C19H32O3Si/c1-11-12(2)17(22-23)13(9-10-14(20)21)16(19(6,7)8)15(11)18(3,4)5/h9-10H2,1-8,23H3,(H,20,21). The van der Waals surface area contributed by atoms with Crippen molar-refractivity contribution in [3.05, 3.63) is 27.8 Å². The number of benzene rings is 1. The van der Waals surface area contributed by atoms with E-state index in [-0.39, 0.29) is 17.3 Å². The Morgan fingerprint density at radius 1 is 1.00 bits per heavy atom. The van der Waals surface area contributed by atoms with Crippen molar-refractivity contribution >= 4 is 16.5 Å². The Morgan fingerprint density at radius 2 is 1.48 bits per heavy atom. The number of aliphatic carboxylic acids is 1. The summed E-state index contributed by atoms with van der Waals surface area (Å²) in [7, 11) is 0.600. The van der Waals surface area contributed by atoms with E-state index in [4.69, 9.17) is 9.53 Å². The third-order valence-corrected chi connectivity index (χ3v) is 4.81. The zero-order valence-electron chi connectivity index (χ0n) is 16.2. The van der Waals surface area contributed by atoms with Gasteiger partial charge in [-0.2, -0.15) is 0 Å². The van der Waals surface area contributed by atoms with Crippen molar-refractivity contribution in [2.24, 2.45) is 0 Å². The minimum Gasteiger partial charge on any atom is -0.553 e. The molecule has 0 fully saturated rings. The van der Waals surface area contributed by atoms with E-state index in [0.717, 1.165) is 16.9 Å². The Morgan fingerprint density at radius 3 is 1.83 bits per heavy atom. The number of hydrogen-bond acceptors (Lipinski definition) is 2. The van der Waals surface area contributed by atoms with Crippen molar-refractivity contribution < 1.29 is 14.3 Å². The normalized spacial score (nSPS) is 12.5. The maximum Gasteiger partial charge on any atom is 0.303 e. The Balaban J connectivity index is 3.89. The maximum atomic E-state index is 11.1. The predicted molar refractivity (Wildman–Crippen MR) is 99.8 cm³/mol.